The number of nitrogens with two attached hydrogens (primary N) is 1. The Kier molecular flexibility index (Phi) is 3.87. The lowest BCUT2D eigenvalue weighted by molar-refractivity contribution is -0.138. The summed E-state index contributed by atoms with van der Waals surface area (Å²) in [7, 11) is 0. The van der Waals surface area contributed by atoms with Gasteiger partial charge >= 0.3 is 6.18 Å². The summed E-state index contributed by atoms with van der Waals surface area (Å²) in [6.45, 7) is 0. The van der Waals surface area contributed by atoms with Crippen LogP contribution in [0.1, 0.15) is 42.9 Å². The Hall–Kier alpha value is -0.740. The second-order valence-electron chi connectivity index (χ2n) is 4.77. The van der Waals surface area contributed by atoms with Crippen molar-refractivity contribution in [1.82, 2.24) is 0 Å². The molecular formula is C13H15ClF3N. The number of hydrogen-bond acceptors (Lipinski definition) is 1. The lowest BCUT2D eigenvalue weighted by Crippen LogP contribution is -2.23. The molecule has 1 aliphatic carbocycles. The molecule has 100 valence electrons. The van der Waals surface area contributed by atoms with Crippen LogP contribution in [-0.2, 0) is 6.18 Å². The van der Waals surface area contributed by atoms with E-state index >= 15 is 0 Å². The molecule has 2 N–H and O–H groups in total. The standard InChI is InChI=1S/C13H15ClF3N/c14-10-7-3-6-9(13(15,16)17)11(10)12(18)8-4-1-2-5-8/h3,6-8,12H,1-2,4-5,18H2/t12-/m1/s1. The summed E-state index contributed by atoms with van der Waals surface area (Å²) in [5.41, 5.74) is 5.37. The number of benzene rings is 1. The molecule has 0 radical (unpaired) electrons. The van der Waals surface area contributed by atoms with Crippen LogP contribution < -0.4 is 5.73 Å². The summed E-state index contributed by atoms with van der Waals surface area (Å²) in [5.74, 6) is 0.103. The van der Waals surface area contributed by atoms with Gasteiger partial charge in [-0.15, -0.1) is 0 Å². The van der Waals surface area contributed by atoms with E-state index in [0.717, 1.165) is 31.7 Å². The molecule has 5 heteroatoms. The summed E-state index contributed by atoms with van der Waals surface area (Å²) in [5, 5.41) is 0.115. The first-order chi connectivity index (χ1) is 8.41. The number of alkyl halides is 3. The van der Waals surface area contributed by atoms with Gasteiger partial charge in [0.25, 0.3) is 0 Å². The van der Waals surface area contributed by atoms with Crippen LogP contribution in [0, 0.1) is 5.92 Å². The van der Waals surface area contributed by atoms with Crippen LogP contribution in [0.5, 0.6) is 0 Å². The van der Waals surface area contributed by atoms with E-state index in [1.807, 2.05) is 0 Å². The predicted molar refractivity (Wildman–Crippen MR) is 65.3 cm³/mol. The van der Waals surface area contributed by atoms with Gasteiger partial charge in [0.15, 0.2) is 0 Å². The number of halogens is 4. The molecule has 0 unspecified atom stereocenters. The number of rotatable bonds is 2. The third-order valence-electron chi connectivity index (χ3n) is 3.60. The zero-order chi connectivity index (χ0) is 13.3. The zero-order valence-electron chi connectivity index (χ0n) is 9.80. The van der Waals surface area contributed by atoms with Crippen molar-refractivity contribution >= 4 is 11.6 Å². The van der Waals surface area contributed by atoms with Crippen LogP contribution in [0.2, 0.25) is 5.02 Å². The zero-order valence-corrected chi connectivity index (χ0v) is 10.6. The largest absolute Gasteiger partial charge is 0.416 e. The summed E-state index contributed by atoms with van der Waals surface area (Å²) in [6, 6.07) is 3.21. The van der Waals surface area contributed by atoms with Crippen molar-refractivity contribution in [2.75, 3.05) is 0 Å². The van der Waals surface area contributed by atoms with E-state index in [2.05, 4.69) is 0 Å². The highest BCUT2D eigenvalue weighted by Gasteiger charge is 2.37. The smallest absolute Gasteiger partial charge is 0.324 e. The van der Waals surface area contributed by atoms with Crippen LogP contribution in [0.4, 0.5) is 13.2 Å². The van der Waals surface area contributed by atoms with Gasteiger partial charge in [-0.25, -0.2) is 0 Å². The fourth-order valence-corrected chi connectivity index (χ4v) is 2.98. The Bertz CT molecular complexity index is 425. The molecule has 0 aliphatic heterocycles. The van der Waals surface area contributed by atoms with Crippen molar-refractivity contribution < 1.29 is 13.2 Å². The molecule has 0 amide bonds. The first kappa shape index (κ1) is 13.7. The van der Waals surface area contributed by atoms with E-state index in [0.29, 0.717) is 0 Å². The van der Waals surface area contributed by atoms with Crippen molar-refractivity contribution in [3.63, 3.8) is 0 Å². The van der Waals surface area contributed by atoms with Crippen LogP contribution in [0.25, 0.3) is 0 Å². The summed E-state index contributed by atoms with van der Waals surface area (Å²) < 4.78 is 38.9. The summed E-state index contributed by atoms with van der Waals surface area (Å²) in [6.07, 6.45) is -0.585. The van der Waals surface area contributed by atoms with Gasteiger partial charge in [0, 0.05) is 11.1 Å². The minimum absolute atomic E-state index is 0.0542. The molecular weight excluding hydrogens is 263 g/mol. The first-order valence-corrected chi connectivity index (χ1v) is 6.40. The average Bonchev–Trinajstić information content (AvgIpc) is 2.80. The summed E-state index contributed by atoms with van der Waals surface area (Å²) in [4.78, 5) is 0. The van der Waals surface area contributed by atoms with Crippen molar-refractivity contribution in [3.05, 3.63) is 34.3 Å². The third-order valence-corrected chi connectivity index (χ3v) is 3.93. The van der Waals surface area contributed by atoms with Crippen molar-refractivity contribution in [2.45, 2.75) is 37.9 Å². The highest BCUT2D eigenvalue weighted by atomic mass is 35.5. The second kappa shape index (κ2) is 5.10. The molecule has 1 fully saturated rings. The second-order valence-corrected chi connectivity index (χ2v) is 5.18. The van der Waals surface area contributed by atoms with Gasteiger partial charge in [0.2, 0.25) is 0 Å². The van der Waals surface area contributed by atoms with E-state index in [1.165, 1.54) is 12.1 Å². The predicted octanol–water partition coefficient (Wildman–Crippen LogP) is 4.55. The van der Waals surface area contributed by atoms with Gasteiger partial charge in [-0.3, -0.25) is 0 Å². The van der Waals surface area contributed by atoms with Crippen molar-refractivity contribution in [2.24, 2.45) is 11.7 Å². The van der Waals surface area contributed by atoms with Gasteiger partial charge in [-0.1, -0.05) is 30.5 Å². The van der Waals surface area contributed by atoms with Gasteiger partial charge in [-0.05, 0) is 36.5 Å². The molecule has 0 bridgehead atoms. The Morgan fingerprint density at radius 2 is 1.83 bits per heavy atom. The van der Waals surface area contributed by atoms with Gasteiger partial charge in [0.1, 0.15) is 0 Å². The fourth-order valence-electron chi connectivity index (χ4n) is 2.68. The third kappa shape index (κ3) is 2.64. The number of hydrogen-bond donors (Lipinski definition) is 1. The Morgan fingerprint density at radius 1 is 1.22 bits per heavy atom. The molecule has 1 atom stereocenters. The highest BCUT2D eigenvalue weighted by molar-refractivity contribution is 6.31. The molecule has 1 aromatic rings. The minimum Gasteiger partial charge on any atom is -0.324 e. The lowest BCUT2D eigenvalue weighted by atomic mass is 9.89. The van der Waals surface area contributed by atoms with Crippen LogP contribution in [-0.4, -0.2) is 0 Å². The average molecular weight is 278 g/mol. The van der Waals surface area contributed by atoms with Crippen molar-refractivity contribution in [3.8, 4) is 0 Å². The molecule has 1 aliphatic rings. The Labute approximate surface area is 109 Å². The fraction of sp³-hybridized carbons (Fsp3) is 0.538. The maximum atomic E-state index is 13.0. The minimum atomic E-state index is -4.41. The van der Waals surface area contributed by atoms with E-state index in [4.69, 9.17) is 17.3 Å². The Balaban J connectivity index is 2.41. The normalized spacial score (nSPS) is 19.2. The van der Waals surface area contributed by atoms with E-state index < -0.39 is 17.8 Å². The van der Waals surface area contributed by atoms with Crippen LogP contribution in [0.3, 0.4) is 0 Å². The van der Waals surface area contributed by atoms with E-state index in [1.54, 1.807) is 0 Å². The van der Waals surface area contributed by atoms with Crippen molar-refractivity contribution in [1.29, 1.82) is 0 Å². The highest BCUT2D eigenvalue weighted by Crippen LogP contribution is 2.42. The maximum Gasteiger partial charge on any atom is 0.416 e. The monoisotopic (exact) mass is 277 g/mol. The molecule has 2 rings (SSSR count). The molecule has 1 saturated carbocycles. The maximum absolute atomic E-state index is 13.0. The molecule has 0 heterocycles. The molecule has 1 nitrogen and oxygen atoms in total. The van der Waals surface area contributed by atoms with Crippen LogP contribution >= 0.6 is 11.6 Å². The van der Waals surface area contributed by atoms with Gasteiger partial charge in [-0.2, -0.15) is 13.2 Å². The topological polar surface area (TPSA) is 26.0 Å². The van der Waals surface area contributed by atoms with Gasteiger partial charge < -0.3 is 5.73 Å². The first-order valence-electron chi connectivity index (χ1n) is 6.02. The lowest BCUT2D eigenvalue weighted by Gasteiger charge is -2.24. The molecule has 0 saturated heterocycles. The van der Waals surface area contributed by atoms with E-state index in [9.17, 15) is 13.2 Å². The molecule has 0 aromatic heterocycles. The van der Waals surface area contributed by atoms with Gasteiger partial charge in [0.05, 0.1) is 5.56 Å². The quantitative estimate of drug-likeness (QED) is 0.843. The Morgan fingerprint density at radius 3 is 2.39 bits per heavy atom. The molecule has 1 aromatic carbocycles. The molecule has 0 spiro atoms. The van der Waals surface area contributed by atoms with E-state index in [-0.39, 0.29) is 16.5 Å². The molecule has 18 heavy (non-hydrogen) atoms. The SMILES string of the molecule is N[C@@H](c1c(Cl)cccc1C(F)(F)F)C1CCCC1. The summed E-state index contributed by atoms with van der Waals surface area (Å²) >= 11 is 5.93. The van der Waals surface area contributed by atoms with Crippen LogP contribution in [0.15, 0.2) is 18.2 Å².